The quantitative estimate of drug-likeness (QED) is 0.555. The van der Waals surface area contributed by atoms with E-state index in [0.717, 1.165) is 18.3 Å². The van der Waals surface area contributed by atoms with Crippen LogP contribution in [0, 0.1) is 0 Å². The maximum atomic E-state index is 9.72. The zero-order valence-corrected chi connectivity index (χ0v) is 13.4. The second-order valence-electron chi connectivity index (χ2n) is 5.98. The van der Waals surface area contributed by atoms with Gasteiger partial charge in [-0.15, -0.1) is 0 Å². The van der Waals surface area contributed by atoms with Gasteiger partial charge < -0.3 is 14.6 Å². The molecule has 19 heavy (non-hydrogen) atoms. The number of ether oxygens (including phenoxy) is 2. The highest BCUT2D eigenvalue weighted by atomic mass is 28.3. The largest absolute Gasteiger partial charge is 0.390 e. The summed E-state index contributed by atoms with van der Waals surface area (Å²) in [6.45, 7) is 8.55. The van der Waals surface area contributed by atoms with Gasteiger partial charge in [-0.2, -0.15) is 5.10 Å². The molecule has 110 valence electrons. The van der Waals surface area contributed by atoms with Crippen molar-refractivity contribution in [3.8, 4) is 0 Å². The molecule has 0 aliphatic rings. The van der Waals surface area contributed by atoms with Gasteiger partial charge in [-0.25, -0.2) is 4.68 Å². The first-order valence-corrected chi connectivity index (χ1v) is 10.4. The fourth-order valence-electron chi connectivity index (χ4n) is 1.67. The molecule has 0 aromatic carbocycles. The molecule has 0 saturated heterocycles. The van der Waals surface area contributed by atoms with E-state index in [1.54, 1.807) is 18.0 Å². The smallest absolute Gasteiger partial charge is 0.139 e. The Hall–Kier alpha value is -0.693. The molecule has 1 rings (SSSR count). The van der Waals surface area contributed by atoms with Crippen LogP contribution in [0.15, 0.2) is 12.3 Å². The first-order chi connectivity index (χ1) is 8.92. The molecule has 1 heterocycles. The summed E-state index contributed by atoms with van der Waals surface area (Å²) >= 11 is 0. The monoisotopic (exact) mass is 286 g/mol. The van der Waals surface area contributed by atoms with E-state index in [1.165, 1.54) is 0 Å². The number of rotatable bonds is 9. The van der Waals surface area contributed by atoms with Crippen molar-refractivity contribution in [3.63, 3.8) is 0 Å². The van der Waals surface area contributed by atoms with Gasteiger partial charge in [0.2, 0.25) is 0 Å². The third kappa shape index (κ3) is 6.86. The van der Waals surface area contributed by atoms with Crippen molar-refractivity contribution in [2.75, 3.05) is 20.3 Å². The van der Waals surface area contributed by atoms with E-state index in [9.17, 15) is 5.11 Å². The summed E-state index contributed by atoms with van der Waals surface area (Å²) in [7, 11) is 0.542. The standard InChI is InChI=1S/C13H26N2O3Si/c1-17-10-13(16)9-12-5-6-14-15(12)11-18-7-8-19(2,3)4/h5-6,13,16H,7-11H2,1-4H3. The van der Waals surface area contributed by atoms with Gasteiger partial charge in [0.05, 0.1) is 12.7 Å². The van der Waals surface area contributed by atoms with E-state index < -0.39 is 14.2 Å². The van der Waals surface area contributed by atoms with Crippen molar-refractivity contribution in [2.45, 2.75) is 44.9 Å². The van der Waals surface area contributed by atoms with Crippen molar-refractivity contribution in [2.24, 2.45) is 0 Å². The van der Waals surface area contributed by atoms with E-state index in [0.29, 0.717) is 19.8 Å². The lowest BCUT2D eigenvalue weighted by Crippen LogP contribution is -2.23. The van der Waals surface area contributed by atoms with Crippen molar-refractivity contribution in [3.05, 3.63) is 18.0 Å². The molecule has 0 amide bonds. The molecule has 1 unspecified atom stereocenters. The van der Waals surface area contributed by atoms with E-state index in [-0.39, 0.29) is 0 Å². The molecular weight excluding hydrogens is 260 g/mol. The van der Waals surface area contributed by atoms with E-state index >= 15 is 0 Å². The van der Waals surface area contributed by atoms with Crippen molar-refractivity contribution >= 4 is 8.07 Å². The average Bonchev–Trinajstić information content (AvgIpc) is 2.71. The van der Waals surface area contributed by atoms with Gasteiger partial charge >= 0.3 is 0 Å². The summed E-state index contributed by atoms with van der Waals surface area (Å²) in [4.78, 5) is 0. The summed E-state index contributed by atoms with van der Waals surface area (Å²) in [5.74, 6) is 0. The van der Waals surface area contributed by atoms with Gasteiger partial charge in [0, 0.05) is 40.1 Å². The topological polar surface area (TPSA) is 56.5 Å². The first-order valence-electron chi connectivity index (χ1n) is 6.68. The Morgan fingerprint density at radius 2 is 2.16 bits per heavy atom. The Morgan fingerprint density at radius 3 is 2.79 bits per heavy atom. The highest BCUT2D eigenvalue weighted by Gasteiger charge is 2.13. The van der Waals surface area contributed by atoms with Gasteiger partial charge in [-0.05, 0) is 12.1 Å². The zero-order chi connectivity index (χ0) is 14.3. The minimum atomic E-state index is -1.04. The van der Waals surface area contributed by atoms with Crippen LogP contribution >= 0.6 is 0 Å². The Balaban J connectivity index is 2.36. The number of hydrogen-bond acceptors (Lipinski definition) is 4. The molecule has 1 aromatic heterocycles. The summed E-state index contributed by atoms with van der Waals surface area (Å²) < 4.78 is 12.4. The number of aliphatic hydroxyl groups is 1. The molecule has 0 bridgehead atoms. The molecule has 0 saturated carbocycles. The molecule has 1 aromatic rings. The maximum Gasteiger partial charge on any atom is 0.139 e. The molecule has 0 spiro atoms. The Labute approximate surface area is 116 Å². The second kappa shape index (κ2) is 7.79. The molecular formula is C13H26N2O3Si. The van der Waals surface area contributed by atoms with Crippen molar-refractivity contribution in [1.29, 1.82) is 0 Å². The van der Waals surface area contributed by atoms with Crippen LogP contribution in [-0.4, -0.2) is 49.4 Å². The van der Waals surface area contributed by atoms with Crippen LogP contribution in [-0.2, 0) is 22.6 Å². The third-order valence-electron chi connectivity index (χ3n) is 2.82. The van der Waals surface area contributed by atoms with Crippen molar-refractivity contribution < 1.29 is 14.6 Å². The Kier molecular flexibility index (Phi) is 6.71. The van der Waals surface area contributed by atoms with Gasteiger partial charge in [0.1, 0.15) is 6.73 Å². The van der Waals surface area contributed by atoms with E-state index in [1.807, 2.05) is 6.07 Å². The summed E-state index contributed by atoms with van der Waals surface area (Å²) in [6.07, 6.45) is 1.77. The molecule has 0 aliphatic heterocycles. The number of nitrogens with zero attached hydrogens (tertiary/aromatic N) is 2. The van der Waals surface area contributed by atoms with Crippen LogP contribution in [0.5, 0.6) is 0 Å². The van der Waals surface area contributed by atoms with Crippen LogP contribution in [0.3, 0.4) is 0 Å². The lowest BCUT2D eigenvalue weighted by Gasteiger charge is -2.16. The maximum absolute atomic E-state index is 9.72. The molecule has 5 nitrogen and oxygen atoms in total. The van der Waals surface area contributed by atoms with E-state index in [2.05, 4.69) is 24.7 Å². The molecule has 0 aliphatic carbocycles. The van der Waals surface area contributed by atoms with Crippen molar-refractivity contribution in [1.82, 2.24) is 9.78 Å². The van der Waals surface area contributed by atoms with Gasteiger partial charge in [-0.1, -0.05) is 19.6 Å². The van der Waals surface area contributed by atoms with Gasteiger partial charge in [0.15, 0.2) is 0 Å². The minimum Gasteiger partial charge on any atom is -0.390 e. The number of aromatic nitrogens is 2. The minimum absolute atomic E-state index is 0.335. The van der Waals surface area contributed by atoms with Crippen LogP contribution in [0.1, 0.15) is 5.69 Å². The molecule has 1 N–H and O–H groups in total. The predicted octanol–water partition coefficient (Wildman–Crippen LogP) is 1.75. The van der Waals surface area contributed by atoms with Crippen LogP contribution in [0.4, 0.5) is 0 Å². The normalized spacial score (nSPS) is 13.7. The summed E-state index contributed by atoms with van der Waals surface area (Å²) in [6, 6.07) is 3.05. The molecule has 0 radical (unpaired) electrons. The van der Waals surface area contributed by atoms with Crippen LogP contribution in [0.2, 0.25) is 25.7 Å². The fourth-order valence-corrected chi connectivity index (χ4v) is 2.43. The molecule has 1 atom stereocenters. The van der Waals surface area contributed by atoms with Crippen LogP contribution < -0.4 is 0 Å². The average molecular weight is 286 g/mol. The number of methoxy groups -OCH3 is 1. The van der Waals surface area contributed by atoms with E-state index in [4.69, 9.17) is 9.47 Å². The first kappa shape index (κ1) is 16.4. The molecule has 0 fully saturated rings. The zero-order valence-electron chi connectivity index (χ0n) is 12.4. The lowest BCUT2D eigenvalue weighted by molar-refractivity contribution is 0.0560. The molecule has 6 heteroatoms. The second-order valence-corrected chi connectivity index (χ2v) is 11.6. The number of aliphatic hydroxyl groups excluding tert-OH is 1. The highest BCUT2D eigenvalue weighted by molar-refractivity contribution is 6.76. The lowest BCUT2D eigenvalue weighted by atomic mass is 10.2. The van der Waals surface area contributed by atoms with Gasteiger partial charge in [0.25, 0.3) is 0 Å². The Bertz CT molecular complexity index is 363. The third-order valence-corrected chi connectivity index (χ3v) is 4.52. The summed E-state index contributed by atoms with van der Waals surface area (Å²) in [5, 5.41) is 13.9. The SMILES string of the molecule is COCC(O)Cc1ccnn1COCC[Si](C)(C)C. The number of hydrogen-bond donors (Lipinski definition) is 1. The fraction of sp³-hybridized carbons (Fsp3) is 0.769. The predicted molar refractivity (Wildman–Crippen MR) is 77.9 cm³/mol. The van der Waals surface area contributed by atoms with Crippen LogP contribution in [0.25, 0.3) is 0 Å². The summed E-state index contributed by atoms with van der Waals surface area (Å²) in [5.41, 5.74) is 0.970. The van der Waals surface area contributed by atoms with Gasteiger partial charge in [-0.3, -0.25) is 0 Å². The Morgan fingerprint density at radius 1 is 1.42 bits per heavy atom. The highest BCUT2D eigenvalue weighted by Crippen LogP contribution is 2.09.